The molecule has 6 heteroatoms. The maximum Gasteiger partial charge on any atom is 0.306 e. The van der Waals surface area contributed by atoms with E-state index in [4.69, 9.17) is 14.2 Å². The van der Waals surface area contributed by atoms with E-state index in [-0.39, 0.29) is 31.1 Å². The molecule has 0 amide bonds. The smallest absolute Gasteiger partial charge is 0.306 e. The Morgan fingerprint density at radius 2 is 0.470 bits per heavy atom. The minimum atomic E-state index is -0.772. The second kappa shape index (κ2) is 71.8. The molecule has 0 aromatic heterocycles. The molecule has 83 heavy (non-hydrogen) atoms. The van der Waals surface area contributed by atoms with Gasteiger partial charge in [-0.2, -0.15) is 0 Å². The van der Waals surface area contributed by atoms with Crippen molar-refractivity contribution in [3.8, 4) is 0 Å². The van der Waals surface area contributed by atoms with Crippen LogP contribution in [0, 0.1) is 0 Å². The van der Waals surface area contributed by atoms with Crippen molar-refractivity contribution in [1.29, 1.82) is 0 Å². The number of unbranched alkanes of at least 4 members (excludes halogenated alkanes) is 50. The molecule has 0 heterocycles. The molecule has 0 radical (unpaired) electrons. The molecule has 0 spiro atoms. The van der Waals surface area contributed by atoms with Crippen molar-refractivity contribution in [3.05, 3.63) is 48.6 Å². The van der Waals surface area contributed by atoms with Crippen molar-refractivity contribution in [3.63, 3.8) is 0 Å². The molecule has 6 nitrogen and oxygen atoms in total. The highest BCUT2D eigenvalue weighted by Crippen LogP contribution is 2.19. The number of carbonyl (C=O) groups is 3. The molecule has 0 aliphatic heterocycles. The van der Waals surface area contributed by atoms with Gasteiger partial charge in [0.25, 0.3) is 0 Å². The van der Waals surface area contributed by atoms with Crippen LogP contribution in [-0.4, -0.2) is 37.2 Å². The highest BCUT2D eigenvalue weighted by molar-refractivity contribution is 5.71. The summed E-state index contributed by atoms with van der Waals surface area (Å²) in [6.45, 7) is 6.61. The zero-order valence-electron chi connectivity index (χ0n) is 56.0. The Balaban J connectivity index is 4.27. The van der Waals surface area contributed by atoms with E-state index in [1.54, 1.807) is 0 Å². The molecule has 1 unspecified atom stereocenters. The van der Waals surface area contributed by atoms with Gasteiger partial charge in [-0.3, -0.25) is 14.4 Å². The minimum absolute atomic E-state index is 0.0666. The van der Waals surface area contributed by atoms with Gasteiger partial charge >= 0.3 is 17.9 Å². The first-order valence-electron chi connectivity index (χ1n) is 37.1. The van der Waals surface area contributed by atoms with Crippen LogP contribution >= 0.6 is 0 Å². The van der Waals surface area contributed by atoms with Crippen LogP contribution in [0.5, 0.6) is 0 Å². The third-order valence-electron chi connectivity index (χ3n) is 16.8. The molecule has 0 saturated carbocycles. The predicted molar refractivity (Wildman–Crippen MR) is 362 cm³/mol. The Hall–Kier alpha value is -2.63. The van der Waals surface area contributed by atoms with Gasteiger partial charge in [-0.1, -0.05) is 378 Å². The summed E-state index contributed by atoms with van der Waals surface area (Å²) in [5, 5.41) is 0. The third kappa shape index (κ3) is 70.0. The van der Waals surface area contributed by atoms with Crippen molar-refractivity contribution in [2.24, 2.45) is 0 Å². The summed E-state index contributed by atoms with van der Waals surface area (Å²) in [4.78, 5) is 38.5. The van der Waals surface area contributed by atoms with E-state index in [0.29, 0.717) is 19.3 Å². The van der Waals surface area contributed by atoms with Crippen molar-refractivity contribution in [2.45, 2.75) is 412 Å². The highest BCUT2D eigenvalue weighted by atomic mass is 16.6. The number of allylic oxidation sites excluding steroid dienone is 8. The summed E-state index contributed by atoms with van der Waals surface area (Å²) < 4.78 is 17.0. The lowest BCUT2D eigenvalue weighted by Gasteiger charge is -2.18. The van der Waals surface area contributed by atoms with E-state index in [1.165, 1.54) is 283 Å². The van der Waals surface area contributed by atoms with Crippen LogP contribution in [0.15, 0.2) is 48.6 Å². The van der Waals surface area contributed by atoms with Crippen LogP contribution in [0.3, 0.4) is 0 Å². The Morgan fingerprint density at radius 3 is 0.735 bits per heavy atom. The number of esters is 3. The molecule has 0 aliphatic rings. The van der Waals surface area contributed by atoms with Gasteiger partial charge in [0, 0.05) is 19.3 Å². The third-order valence-corrected chi connectivity index (χ3v) is 16.8. The quantitative estimate of drug-likeness (QED) is 0.0261. The summed E-state index contributed by atoms with van der Waals surface area (Å²) in [6.07, 6.45) is 91.5. The SMILES string of the molecule is CC/C=C\C/C=C\C/C=C\C/C=C\CCCCCCCCCCCCCCC(=O)OCC(COC(=O)CCCCCCCCCCCCCCCCCC)OC(=O)CCCCCCCCCCCCCCCCCCCCCCCCCC. The molecule has 0 aromatic carbocycles. The average molecular weight is 1160 g/mol. The standard InChI is InChI=1S/C77H142O6/c1-4-7-10-13-16-19-22-25-28-31-33-35-37-39-41-42-44-46-49-52-55-58-61-64-67-70-76(79)82-73-74(72-81-75(78)69-66-63-60-57-54-51-48-30-27-24-21-18-15-12-9-6-3)83-77(80)71-68-65-62-59-56-53-50-47-45-43-40-38-36-34-32-29-26-23-20-17-14-11-8-5-2/h7,10,16,19,25,28,33,35,74H,4-6,8-9,11-15,17-18,20-24,26-27,29-32,34,36-73H2,1-3H3/b10-7-,19-16-,28-25-,35-33-. The van der Waals surface area contributed by atoms with Gasteiger partial charge in [0.1, 0.15) is 13.2 Å². The van der Waals surface area contributed by atoms with Gasteiger partial charge < -0.3 is 14.2 Å². The largest absolute Gasteiger partial charge is 0.462 e. The minimum Gasteiger partial charge on any atom is -0.462 e. The fourth-order valence-corrected chi connectivity index (χ4v) is 11.3. The summed E-state index contributed by atoms with van der Waals surface area (Å²) >= 11 is 0. The lowest BCUT2D eigenvalue weighted by Crippen LogP contribution is -2.30. The van der Waals surface area contributed by atoms with Gasteiger partial charge in [-0.05, 0) is 57.8 Å². The van der Waals surface area contributed by atoms with Gasteiger partial charge in [0.2, 0.25) is 0 Å². The number of carbonyl (C=O) groups excluding carboxylic acids is 3. The van der Waals surface area contributed by atoms with Gasteiger partial charge in [-0.15, -0.1) is 0 Å². The fourth-order valence-electron chi connectivity index (χ4n) is 11.3. The lowest BCUT2D eigenvalue weighted by atomic mass is 10.0. The van der Waals surface area contributed by atoms with E-state index in [1.807, 2.05) is 0 Å². The molecule has 0 aromatic rings. The Morgan fingerprint density at radius 1 is 0.253 bits per heavy atom. The predicted octanol–water partition coefficient (Wildman–Crippen LogP) is 25.7. The van der Waals surface area contributed by atoms with Crippen molar-refractivity contribution in [1.82, 2.24) is 0 Å². The van der Waals surface area contributed by atoms with Crippen LogP contribution in [-0.2, 0) is 28.6 Å². The number of hydrogen-bond acceptors (Lipinski definition) is 6. The summed E-state index contributed by atoms with van der Waals surface area (Å²) in [5.41, 5.74) is 0. The molecule has 0 N–H and O–H groups in total. The second-order valence-electron chi connectivity index (χ2n) is 25.2. The van der Waals surface area contributed by atoms with E-state index in [9.17, 15) is 14.4 Å². The first-order chi connectivity index (χ1) is 41.0. The van der Waals surface area contributed by atoms with Crippen molar-refractivity contribution >= 4 is 17.9 Å². The molecule has 0 saturated heterocycles. The number of ether oxygens (including phenoxy) is 3. The highest BCUT2D eigenvalue weighted by Gasteiger charge is 2.20. The Bertz CT molecular complexity index is 1430. The van der Waals surface area contributed by atoms with E-state index < -0.39 is 6.10 Å². The zero-order chi connectivity index (χ0) is 59.9. The normalized spacial score (nSPS) is 12.3. The van der Waals surface area contributed by atoms with Crippen LogP contribution in [0.2, 0.25) is 0 Å². The Kier molecular flexibility index (Phi) is 69.6. The molecular weight excluding hydrogens is 1020 g/mol. The molecular formula is C77H142O6. The van der Waals surface area contributed by atoms with Crippen LogP contribution in [0.25, 0.3) is 0 Å². The summed E-state index contributed by atoms with van der Waals surface area (Å²) in [6, 6.07) is 0. The maximum atomic E-state index is 13.0. The molecule has 0 fully saturated rings. The first-order valence-corrected chi connectivity index (χ1v) is 37.1. The second-order valence-corrected chi connectivity index (χ2v) is 25.2. The summed E-state index contributed by atoms with van der Waals surface area (Å²) in [5.74, 6) is -0.835. The van der Waals surface area contributed by atoms with Crippen LogP contribution < -0.4 is 0 Å². The van der Waals surface area contributed by atoms with E-state index in [0.717, 1.165) is 83.5 Å². The van der Waals surface area contributed by atoms with Gasteiger partial charge in [0.15, 0.2) is 6.10 Å². The molecule has 1 atom stereocenters. The first kappa shape index (κ1) is 80.4. The zero-order valence-corrected chi connectivity index (χ0v) is 56.0. The number of rotatable bonds is 69. The Labute approximate surface area is 518 Å². The summed E-state index contributed by atoms with van der Waals surface area (Å²) in [7, 11) is 0. The van der Waals surface area contributed by atoms with Crippen molar-refractivity contribution in [2.75, 3.05) is 13.2 Å². The van der Waals surface area contributed by atoms with Gasteiger partial charge in [0.05, 0.1) is 0 Å². The molecule has 0 aliphatic carbocycles. The monoisotopic (exact) mass is 1160 g/mol. The topological polar surface area (TPSA) is 78.9 Å². The van der Waals surface area contributed by atoms with Crippen LogP contribution in [0.4, 0.5) is 0 Å². The van der Waals surface area contributed by atoms with Crippen LogP contribution in [0.1, 0.15) is 406 Å². The molecule has 486 valence electrons. The van der Waals surface area contributed by atoms with Gasteiger partial charge in [-0.25, -0.2) is 0 Å². The molecule has 0 bridgehead atoms. The number of hydrogen-bond donors (Lipinski definition) is 0. The fraction of sp³-hybridized carbons (Fsp3) is 0.857. The lowest BCUT2D eigenvalue weighted by molar-refractivity contribution is -0.167. The van der Waals surface area contributed by atoms with Crippen molar-refractivity contribution < 1.29 is 28.6 Å². The van der Waals surface area contributed by atoms with E-state index >= 15 is 0 Å². The van der Waals surface area contributed by atoms with E-state index in [2.05, 4.69) is 69.4 Å². The average Bonchev–Trinajstić information content (AvgIpc) is 3.50. The maximum absolute atomic E-state index is 13.0. The molecule has 0 rings (SSSR count).